The molecule has 1 aliphatic rings. The van der Waals surface area contributed by atoms with Gasteiger partial charge in [-0.25, -0.2) is 0 Å². The number of hydrogen-bond acceptors (Lipinski definition) is 5. The van der Waals surface area contributed by atoms with Gasteiger partial charge in [0.25, 0.3) is 11.7 Å². The van der Waals surface area contributed by atoms with E-state index in [4.69, 9.17) is 16.3 Å². The van der Waals surface area contributed by atoms with E-state index in [9.17, 15) is 14.7 Å². The second kappa shape index (κ2) is 11.8. The number of aliphatic hydroxyl groups is 1. The maximum absolute atomic E-state index is 13.6. The van der Waals surface area contributed by atoms with Crippen LogP contribution < -0.4 is 14.5 Å². The molecule has 4 rings (SSSR count). The van der Waals surface area contributed by atoms with Gasteiger partial charge >= 0.3 is 0 Å². The Bertz CT molecular complexity index is 1420. The Balaban J connectivity index is 1.92. The van der Waals surface area contributed by atoms with Crippen LogP contribution in [0.2, 0.25) is 5.02 Å². The fourth-order valence-corrected chi connectivity index (χ4v) is 5.30. The number of carbonyl (C=O) groups is 2. The molecule has 1 heterocycles. The molecule has 1 saturated heterocycles. The number of hydrogen-bond donors (Lipinski definition) is 1. The Hall–Kier alpha value is -3.77. The summed E-state index contributed by atoms with van der Waals surface area (Å²) in [4.78, 5) is 30.8. The van der Waals surface area contributed by atoms with Crippen LogP contribution >= 0.6 is 11.6 Å². The molecule has 1 atom stereocenters. The van der Waals surface area contributed by atoms with Crippen molar-refractivity contribution in [3.63, 3.8) is 0 Å². The molecule has 1 unspecified atom stereocenters. The number of anilines is 2. The zero-order valence-electron chi connectivity index (χ0n) is 24.0. The smallest absolute Gasteiger partial charge is 0.300 e. The standard InChI is InChI=1S/C33H37ClN2O4/c1-7-35(8-2)24-15-10-21(11-16-24)29-28(31(38)32(39)36(29)25-17-13-23(34)14-18-25)30(37)22-12-19-27(40-9-3)26(20-22)33(4,5)6/h10-20,29,37H,7-9H2,1-6H3/b30-28-. The lowest BCUT2D eigenvalue weighted by Gasteiger charge is -2.27. The fourth-order valence-electron chi connectivity index (χ4n) is 5.17. The maximum Gasteiger partial charge on any atom is 0.300 e. The highest BCUT2D eigenvalue weighted by Gasteiger charge is 2.47. The second-order valence-electron chi connectivity index (χ2n) is 10.8. The molecule has 0 spiro atoms. The Morgan fingerprint density at radius 2 is 1.57 bits per heavy atom. The van der Waals surface area contributed by atoms with Crippen LogP contribution in [0.15, 0.2) is 72.3 Å². The van der Waals surface area contributed by atoms with E-state index in [1.165, 1.54) is 4.90 Å². The molecular formula is C33H37ClN2O4. The van der Waals surface area contributed by atoms with Gasteiger partial charge in [-0.2, -0.15) is 0 Å². The summed E-state index contributed by atoms with van der Waals surface area (Å²) in [5.41, 5.74) is 3.38. The summed E-state index contributed by atoms with van der Waals surface area (Å²) in [7, 11) is 0. The van der Waals surface area contributed by atoms with Crippen molar-refractivity contribution in [3.8, 4) is 5.75 Å². The van der Waals surface area contributed by atoms with Gasteiger partial charge in [-0.15, -0.1) is 0 Å². The monoisotopic (exact) mass is 560 g/mol. The number of benzene rings is 3. The lowest BCUT2D eigenvalue weighted by Crippen LogP contribution is -2.29. The van der Waals surface area contributed by atoms with E-state index >= 15 is 0 Å². The van der Waals surface area contributed by atoms with Gasteiger partial charge in [-0.1, -0.05) is 44.5 Å². The molecule has 1 fully saturated rings. The Morgan fingerprint density at radius 1 is 0.950 bits per heavy atom. The summed E-state index contributed by atoms with van der Waals surface area (Å²) in [6.07, 6.45) is 0. The van der Waals surface area contributed by atoms with Gasteiger partial charge in [-0.05, 0) is 86.3 Å². The van der Waals surface area contributed by atoms with Gasteiger partial charge in [0.1, 0.15) is 11.5 Å². The molecule has 6 nitrogen and oxygen atoms in total. The highest BCUT2D eigenvalue weighted by molar-refractivity contribution is 6.51. The second-order valence-corrected chi connectivity index (χ2v) is 11.2. The predicted molar refractivity (Wildman–Crippen MR) is 163 cm³/mol. The number of ether oxygens (including phenoxy) is 1. The van der Waals surface area contributed by atoms with Gasteiger partial charge in [-0.3, -0.25) is 14.5 Å². The zero-order valence-corrected chi connectivity index (χ0v) is 24.7. The lowest BCUT2D eigenvalue weighted by molar-refractivity contribution is -0.132. The number of halogens is 1. The van der Waals surface area contributed by atoms with Crippen molar-refractivity contribution in [1.82, 2.24) is 0 Å². The zero-order chi connectivity index (χ0) is 29.2. The van der Waals surface area contributed by atoms with Crippen molar-refractivity contribution in [2.75, 3.05) is 29.5 Å². The molecule has 0 radical (unpaired) electrons. The minimum atomic E-state index is -0.823. The number of rotatable bonds is 8. The summed E-state index contributed by atoms with van der Waals surface area (Å²) >= 11 is 6.12. The molecule has 0 bridgehead atoms. The third-order valence-electron chi connectivity index (χ3n) is 7.25. The molecule has 1 amide bonds. The predicted octanol–water partition coefficient (Wildman–Crippen LogP) is 7.51. The number of ketones is 1. The van der Waals surface area contributed by atoms with Gasteiger partial charge in [0.05, 0.1) is 18.2 Å². The summed E-state index contributed by atoms with van der Waals surface area (Å²) in [5.74, 6) is -0.946. The van der Waals surface area contributed by atoms with Crippen molar-refractivity contribution < 1.29 is 19.4 Å². The lowest BCUT2D eigenvalue weighted by atomic mass is 9.84. The number of aliphatic hydroxyl groups excluding tert-OH is 1. The van der Waals surface area contributed by atoms with Crippen LogP contribution in [-0.4, -0.2) is 36.5 Å². The molecule has 7 heteroatoms. The maximum atomic E-state index is 13.6. The molecule has 1 N–H and O–H groups in total. The number of amides is 1. The van der Waals surface area contributed by atoms with E-state index in [1.54, 1.807) is 30.3 Å². The average Bonchev–Trinajstić information content (AvgIpc) is 3.19. The SMILES string of the molecule is CCOc1ccc(/C(O)=C2/C(=O)C(=O)N(c3ccc(Cl)cc3)C2c2ccc(N(CC)CC)cc2)cc1C(C)(C)C. The van der Waals surface area contributed by atoms with Crippen molar-refractivity contribution in [2.45, 2.75) is 53.0 Å². The molecular weight excluding hydrogens is 524 g/mol. The van der Waals surface area contributed by atoms with Crippen molar-refractivity contribution >= 4 is 40.4 Å². The molecule has 3 aromatic rings. The van der Waals surface area contributed by atoms with Crippen LogP contribution in [0.1, 0.15) is 64.3 Å². The Kier molecular flexibility index (Phi) is 8.59. The first-order valence-corrected chi connectivity index (χ1v) is 14.1. The molecule has 210 valence electrons. The summed E-state index contributed by atoms with van der Waals surface area (Å²) in [5, 5.41) is 12.2. The average molecular weight is 561 g/mol. The fraction of sp³-hybridized carbons (Fsp3) is 0.333. The molecule has 0 aliphatic carbocycles. The summed E-state index contributed by atoms with van der Waals surface area (Å²) in [6.45, 7) is 14.5. The minimum Gasteiger partial charge on any atom is -0.507 e. The third kappa shape index (κ3) is 5.59. The van der Waals surface area contributed by atoms with Crippen molar-refractivity contribution in [2.24, 2.45) is 0 Å². The highest BCUT2D eigenvalue weighted by Crippen LogP contribution is 2.43. The number of carbonyl (C=O) groups excluding carboxylic acids is 2. The van der Waals surface area contributed by atoms with Crippen LogP contribution in [0.3, 0.4) is 0 Å². The topological polar surface area (TPSA) is 70.1 Å². The highest BCUT2D eigenvalue weighted by atomic mass is 35.5. The summed E-state index contributed by atoms with van der Waals surface area (Å²) < 4.78 is 5.84. The quantitative estimate of drug-likeness (QED) is 0.175. The van der Waals surface area contributed by atoms with Crippen LogP contribution in [-0.2, 0) is 15.0 Å². The van der Waals surface area contributed by atoms with E-state index in [-0.39, 0.29) is 16.7 Å². The molecule has 40 heavy (non-hydrogen) atoms. The van der Waals surface area contributed by atoms with Crippen molar-refractivity contribution in [1.29, 1.82) is 0 Å². The van der Waals surface area contributed by atoms with E-state index < -0.39 is 17.7 Å². The Morgan fingerprint density at radius 3 is 2.12 bits per heavy atom. The van der Waals surface area contributed by atoms with E-state index in [1.807, 2.05) is 43.3 Å². The molecule has 0 saturated carbocycles. The van der Waals surface area contributed by atoms with Crippen LogP contribution in [0.4, 0.5) is 11.4 Å². The van der Waals surface area contributed by atoms with Gasteiger partial charge in [0.15, 0.2) is 0 Å². The number of nitrogens with zero attached hydrogens (tertiary/aromatic N) is 2. The van der Waals surface area contributed by atoms with Crippen LogP contribution in [0.25, 0.3) is 5.76 Å². The molecule has 0 aromatic heterocycles. The summed E-state index contributed by atoms with van der Waals surface area (Å²) in [6, 6.07) is 19.1. The van der Waals surface area contributed by atoms with Crippen LogP contribution in [0, 0.1) is 0 Å². The normalized spacial score (nSPS) is 16.9. The van der Waals surface area contributed by atoms with Gasteiger partial charge < -0.3 is 14.7 Å². The first kappa shape index (κ1) is 29.2. The van der Waals surface area contributed by atoms with Gasteiger partial charge in [0.2, 0.25) is 0 Å². The largest absolute Gasteiger partial charge is 0.507 e. The minimum absolute atomic E-state index is 0.0413. The molecule has 3 aromatic carbocycles. The third-order valence-corrected chi connectivity index (χ3v) is 7.50. The Labute approximate surface area is 241 Å². The van der Waals surface area contributed by atoms with Gasteiger partial charge in [0, 0.05) is 40.6 Å². The van der Waals surface area contributed by atoms with E-state index in [0.717, 1.165) is 30.1 Å². The molecule has 1 aliphatic heterocycles. The first-order valence-electron chi connectivity index (χ1n) is 13.7. The van der Waals surface area contributed by atoms with E-state index in [0.29, 0.717) is 28.4 Å². The van der Waals surface area contributed by atoms with E-state index in [2.05, 4.69) is 39.5 Å². The van der Waals surface area contributed by atoms with Crippen molar-refractivity contribution in [3.05, 3.63) is 94.0 Å². The van der Waals surface area contributed by atoms with Crippen LogP contribution in [0.5, 0.6) is 5.75 Å². The first-order chi connectivity index (χ1) is 19.0. The number of Topliss-reactive ketones (excluding diaryl/α,β-unsaturated/α-hetero) is 1.